The molecule has 0 aliphatic rings. The van der Waals surface area contributed by atoms with Crippen LogP contribution in [0.3, 0.4) is 0 Å². The molecule has 0 saturated heterocycles. The number of benzene rings is 3. The van der Waals surface area contributed by atoms with Crippen LogP contribution in [0.2, 0.25) is 0 Å². The van der Waals surface area contributed by atoms with Gasteiger partial charge in [0.2, 0.25) is 0 Å². The number of hydrogen-bond acceptors (Lipinski definition) is 6. The highest BCUT2D eigenvalue weighted by Gasteiger charge is 2.32. The monoisotopic (exact) mass is 613 g/mol. The standard InChI is InChI=1S/C33H31N3O7S/c1-20(2)30(33(38)39)36(44(40)41)26-16-12-23(13-17-26)22-10-14-24(15-11-22)35-32(37)31-21(3)29-27(8-6-9-28(29)43-31)42-19-25-7-4-5-18-34-25/h4-18,20,30H,19H2,1-3H3,(H,35,37)(H,38,39)(H,40,41). The van der Waals surface area contributed by atoms with E-state index in [1.54, 1.807) is 62.5 Å². The molecule has 2 heterocycles. The van der Waals surface area contributed by atoms with Gasteiger partial charge in [-0.3, -0.25) is 18.6 Å². The molecule has 226 valence electrons. The van der Waals surface area contributed by atoms with Gasteiger partial charge in [0.25, 0.3) is 17.2 Å². The third-order valence-corrected chi connectivity index (χ3v) is 7.90. The normalized spacial score (nSPS) is 12.6. The molecule has 0 aliphatic heterocycles. The van der Waals surface area contributed by atoms with Crippen molar-refractivity contribution in [3.05, 3.63) is 108 Å². The molecule has 2 unspecified atom stereocenters. The van der Waals surface area contributed by atoms with Crippen LogP contribution in [-0.4, -0.2) is 36.8 Å². The van der Waals surface area contributed by atoms with Gasteiger partial charge in [-0.15, -0.1) is 0 Å². The molecule has 0 radical (unpaired) electrons. The smallest absolute Gasteiger partial charge is 0.327 e. The second-order valence-electron chi connectivity index (χ2n) is 10.5. The number of hydrogen-bond donors (Lipinski definition) is 3. The SMILES string of the molecule is Cc1c(C(=O)Nc2ccc(-c3ccc(N(C(C(=O)O)C(C)C)S(=O)O)cc3)cc2)oc2cccc(OCc3ccccn3)c12. The number of carboxylic acids is 1. The summed E-state index contributed by atoms with van der Waals surface area (Å²) in [6.07, 6.45) is 1.70. The van der Waals surface area contributed by atoms with Crippen molar-refractivity contribution >= 4 is 45.5 Å². The number of ether oxygens (including phenoxy) is 1. The number of carboxylic acid groups (broad SMARTS) is 1. The molecule has 2 atom stereocenters. The van der Waals surface area contributed by atoms with Gasteiger partial charge in [0.1, 0.15) is 24.0 Å². The van der Waals surface area contributed by atoms with Crippen LogP contribution < -0.4 is 14.4 Å². The van der Waals surface area contributed by atoms with Gasteiger partial charge in [-0.1, -0.05) is 50.2 Å². The van der Waals surface area contributed by atoms with E-state index in [1.807, 2.05) is 49.4 Å². The highest BCUT2D eigenvalue weighted by atomic mass is 32.2. The molecule has 10 nitrogen and oxygen atoms in total. The summed E-state index contributed by atoms with van der Waals surface area (Å²) in [7, 11) is 0. The van der Waals surface area contributed by atoms with Gasteiger partial charge >= 0.3 is 5.97 Å². The number of fused-ring (bicyclic) bond motifs is 1. The number of carbonyl (C=O) groups is 2. The Morgan fingerprint density at radius 1 is 0.977 bits per heavy atom. The zero-order valence-corrected chi connectivity index (χ0v) is 25.1. The molecule has 0 bridgehead atoms. The van der Waals surface area contributed by atoms with Crippen molar-refractivity contribution in [1.82, 2.24) is 4.98 Å². The van der Waals surface area contributed by atoms with Crippen molar-refractivity contribution in [3.8, 4) is 16.9 Å². The highest BCUT2D eigenvalue weighted by molar-refractivity contribution is 7.80. The number of aliphatic carboxylic acids is 1. The Morgan fingerprint density at radius 2 is 1.66 bits per heavy atom. The van der Waals surface area contributed by atoms with E-state index in [1.165, 1.54) is 0 Å². The van der Waals surface area contributed by atoms with Crippen LogP contribution in [0, 0.1) is 12.8 Å². The molecule has 1 amide bonds. The number of aromatic nitrogens is 1. The van der Waals surface area contributed by atoms with E-state index in [2.05, 4.69) is 10.3 Å². The number of rotatable bonds is 11. The molecule has 0 saturated carbocycles. The first kappa shape index (κ1) is 30.5. The van der Waals surface area contributed by atoms with E-state index < -0.39 is 35.1 Å². The van der Waals surface area contributed by atoms with Gasteiger partial charge in [-0.2, -0.15) is 0 Å². The van der Waals surface area contributed by atoms with Gasteiger partial charge in [0.15, 0.2) is 5.76 Å². The van der Waals surface area contributed by atoms with Gasteiger partial charge in [-0.25, -0.2) is 9.00 Å². The Kier molecular flexibility index (Phi) is 9.07. The molecule has 0 aliphatic carbocycles. The predicted molar refractivity (Wildman–Crippen MR) is 169 cm³/mol. The molecular formula is C33H31N3O7S. The second-order valence-corrected chi connectivity index (χ2v) is 11.3. The summed E-state index contributed by atoms with van der Waals surface area (Å²) >= 11 is -2.52. The quantitative estimate of drug-likeness (QED) is 0.140. The van der Waals surface area contributed by atoms with Gasteiger partial charge in [0, 0.05) is 17.4 Å². The van der Waals surface area contributed by atoms with Crippen LogP contribution in [0.5, 0.6) is 5.75 Å². The fraction of sp³-hybridized carbons (Fsp3) is 0.182. The Hall–Kier alpha value is -5.00. The summed E-state index contributed by atoms with van der Waals surface area (Å²) in [5, 5.41) is 13.2. The zero-order chi connectivity index (χ0) is 31.4. The Labute approximate surface area is 256 Å². The molecule has 5 aromatic rings. The predicted octanol–water partition coefficient (Wildman–Crippen LogP) is 6.69. The van der Waals surface area contributed by atoms with Gasteiger partial charge < -0.3 is 19.6 Å². The van der Waals surface area contributed by atoms with E-state index in [4.69, 9.17) is 9.15 Å². The van der Waals surface area contributed by atoms with Crippen molar-refractivity contribution in [2.24, 2.45) is 5.92 Å². The number of furan rings is 1. The van der Waals surface area contributed by atoms with Crippen LogP contribution in [0.15, 0.2) is 95.5 Å². The molecule has 5 rings (SSSR count). The third-order valence-electron chi connectivity index (χ3n) is 7.13. The molecular weight excluding hydrogens is 582 g/mol. The molecule has 0 fully saturated rings. The highest BCUT2D eigenvalue weighted by Crippen LogP contribution is 2.34. The Bertz CT molecular complexity index is 1800. The van der Waals surface area contributed by atoms with E-state index >= 15 is 0 Å². The van der Waals surface area contributed by atoms with E-state index in [9.17, 15) is 23.5 Å². The first-order chi connectivity index (χ1) is 21.1. The molecule has 3 aromatic carbocycles. The Balaban J connectivity index is 1.30. The molecule has 44 heavy (non-hydrogen) atoms. The summed E-state index contributed by atoms with van der Waals surface area (Å²) in [4.78, 5) is 29.3. The fourth-order valence-electron chi connectivity index (χ4n) is 4.98. The van der Waals surface area contributed by atoms with Crippen molar-refractivity contribution < 1.29 is 32.6 Å². The number of aryl methyl sites for hydroxylation is 1. The minimum Gasteiger partial charge on any atom is -0.487 e. The van der Waals surface area contributed by atoms with E-state index in [0.717, 1.165) is 26.5 Å². The summed E-state index contributed by atoms with van der Waals surface area (Å²) in [6, 6.07) is 23.7. The fourth-order valence-corrected chi connectivity index (χ4v) is 5.81. The topological polar surface area (TPSA) is 142 Å². The maximum atomic E-state index is 13.2. The van der Waals surface area contributed by atoms with Crippen molar-refractivity contribution in [3.63, 3.8) is 0 Å². The van der Waals surface area contributed by atoms with E-state index in [-0.39, 0.29) is 12.4 Å². The van der Waals surface area contributed by atoms with Crippen molar-refractivity contribution in [2.45, 2.75) is 33.4 Å². The van der Waals surface area contributed by atoms with E-state index in [0.29, 0.717) is 28.3 Å². The average molecular weight is 614 g/mol. The summed E-state index contributed by atoms with van der Waals surface area (Å²) in [6.45, 7) is 5.45. The molecule has 0 spiro atoms. The minimum atomic E-state index is -2.52. The second kappa shape index (κ2) is 13.1. The van der Waals surface area contributed by atoms with Gasteiger partial charge in [0.05, 0.1) is 16.8 Å². The maximum Gasteiger partial charge on any atom is 0.327 e. The van der Waals surface area contributed by atoms with Crippen molar-refractivity contribution in [1.29, 1.82) is 0 Å². The van der Waals surface area contributed by atoms with Crippen LogP contribution in [0.4, 0.5) is 11.4 Å². The van der Waals surface area contributed by atoms with Gasteiger partial charge in [-0.05, 0) is 72.5 Å². The van der Waals surface area contributed by atoms with Crippen LogP contribution in [0.1, 0.15) is 35.7 Å². The minimum absolute atomic E-state index is 0.181. The first-order valence-corrected chi connectivity index (χ1v) is 14.9. The van der Waals surface area contributed by atoms with Crippen LogP contribution >= 0.6 is 0 Å². The number of pyridine rings is 1. The maximum absolute atomic E-state index is 13.2. The lowest BCUT2D eigenvalue weighted by Gasteiger charge is -2.29. The summed E-state index contributed by atoms with van der Waals surface area (Å²) in [5.41, 5.74) is 4.49. The van der Waals surface area contributed by atoms with Crippen LogP contribution in [0.25, 0.3) is 22.1 Å². The van der Waals surface area contributed by atoms with Crippen LogP contribution in [-0.2, 0) is 22.7 Å². The van der Waals surface area contributed by atoms with Crippen molar-refractivity contribution in [2.75, 3.05) is 9.62 Å². The molecule has 3 N–H and O–H groups in total. The zero-order valence-electron chi connectivity index (χ0n) is 24.3. The lowest BCUT2D eigenvalue weighted by atomic mass is 10.0. The average Bonchev–Trinajstić information content (AvgIpc) is 3.36. The number of amides is 1. The lowest BCUT2D eigenvalue weighted by Crippen LogP contribution is -2.45. The Morgan fingerprint density at radius 3 is 2.25 bits per heavy atom. The molecule has 11 heteroatoms. The molecule has 2 aromatic heterocycles. The largest absolute Gasteiger partial charge is 0.487 e. The first-order valence-electron chi connectivity index (χ1n) is 13.8. The summed E-state index contributed by atoms with van der Waals surface area (Å²) < 4.78 is 34.8. The third kappa shape index (κ3) is 6.48. The number of carbonyl (C=O) groups excluding carboxylic acids is 1. The number of nitrogens with one attached hydrogen (secondary N) is 1. The summed E-state index contributed by atoms with van der Waals surface area (Å²) in [5.74, 6) is -1.21. The lowest BCUT2D eigenvalue weighted by molar-refractivity contribution is -0.139. The number of anilines is 2. The number of nitrogens with zero attached hydrogens (tertiary/aromatic N) is 2.